The number of carbonyl (C=O) groups excluding carboxylic acids is 1. The summed E-state index contributed by atoms with van der Waals surface area (Å²) >= 11 is 0. The Morgan fingerprint density at radius 2 is 2.00 bits per heavy atom. The first-order valence-corrected chi connectivity index (χ1v) is 8.67. The van der Waals surface area contributed by atoms with Gasteiger partial charge in [-0.2, -0.15) is 4.98 Å². The number of carbonyl (C=O) groups is 1. The van der Waals surface area contributed by atoms with Gasteiger partial charge in [0.15, 0.2) is 0 Å². The van der Waals surface area contributed by atoms with Gasteiger partial charge in [0.1, 0.15) is 5.75 Å². The Morgan fingerprint density at radius 3 is 2.74 bits per heavy atom. The van der Waals surface area contributed by atoms with Gasteiger partial charge in [0.05, 0.1) is 7.11 Å². The van der Waals surface area contributed by atoms with Crippen molar-refractivity contribution in [2.75, 3.05) is 14.2 Å². The number of nitrogens with zero attached hydrogens (tertiary/aromatic N) is 4. The van der Waals surface area contributed by atoms with Gasteiger partial charge >= 0.3 is 0 Å². The largest absolute Gasteiger partial charge is 0.496 e. The van der Waals surface area contributed by atoms with Crippen molar-refractivity contribution in [2.45, 2.75) is 26.3 Å². The Balaban J connectivity index is 1.58. The highest BCUT2D eigenvalue weighted by molar-refractivity contribution is 5.76. The SMILES string of the molecule is COc1ccc(C)cc1CN(C)C(=O)CCc1nc(-c2ccncc2)no1. The molecule has 0 bridgehead atoms. The van der Waals surface area contributed by atoms with E-state index in [1.807, 2.05) is 37.3 Å². The van der Waals surface area contributed by atoms with E-state index in [2.05, 4.69) is 15.1 Å². The number of rotatable bonds is 7. The molecule has 0 saturated heterocycles. The van der Waals surface area contributed by atoms with Gasteiger partial charge in [-0.3, -0.25) is 9.78 Å². The van der Waals surface area contributed by atoms with Crippen LogP contribution in [0.1, 0.15) is 23.4 Å². The minimum absolute atomic E-state index is 0.00206. The van der Waals surface area contributed by atoms with Crippen LogP contribution in [-0.2, 0) is 17.8 Å². The third kappa shape index (κ3) is 4.69. The summed E-state index contributed by atoms with van der Waals surface area (Å²) in [6, 6.07) is 9.55. The maximum atomic E-state index is 12.5. The Kier molecular flexibility index (Phi) is 5.80. The molecule has 7 nitrogen and oxygen atoms in total. The first-order valence-electron chi connectivity index (χ1n) is 8.67. The lowest BCUT2D eigenvalue weighted by atomic mass is 10.1. The third-order valence-electron chi connectivity index (χ3n) is 4.23. The fourth-order valence-electron chi connectivity index (χ4n) is 2.75. The van der Waals surface area contributed by atoms with E-state index in [9.17, 15) is 4.79 Å². The van der Waals surface area contributed by atoms with Crippen LogP contribution >= 0.6 is 0 Å². The first-order chi connectivity index (χ1) is 13.1. The van der Waals surface area contributed by atoms with E-state index in [-0.39, 0.29) is 5.91 Å². The van der Waals surface area contributed by atoms with Crippen LogP contribution in [0.4, 0.5) is 0 Å². The van der Waals surface area contributed by atoms with E-state index in [0.717, 1.165) is 22.4 Å². The molecular weight excluding hydrogens is 344 g/mol. The Morgan fingerprint density at radius 1 is 1.22 bits per heavy atom. The summed E-state index contributed by atoms with van der Waals surface area (Å²) in [5, 5.41) is 3.95. The number of methoxy groups -OCH3 is 1. The molecule has 1 aromatic carbocycles. The van der Waals surface area contributed by atoms with Crippen LogP contribution in [0.25, 0.3) is 11.4 Å². The van der Waals surface area contributed by atoms with Crippen molar-refractivity contribution < 1.29 is 14.1 Å². The summed E-state index contributed by atoms with van der Waals surface area (Å²) < 4.78 is 10.6. The highest BCUT2D eigenvalue weighted by atomic mass is 16.5. The number of aryl methyl sites for hydroxylation is 2. The Labute approximate surface area is 158 Å². The second-order valence-electron chi connectivity index (χ2n) is 6.31. The van der Waals surface area contributed by atoms with Gasteiger partial charge in [-0.05, 0) is 25.1 Å². The number of pyridine rings is 1. The van der Waals surface area contributed by atoms with Crippen molar-refractivity contribution in [1.82, 2.24) is 20.0 Å². The van der Waals surface area contributed by atoms with E-state index in [1.165, 1.54) is 0 Å². The normalized spacial score (nSPS) is 10.6. The van der Waals surface area contributed by atoms with Crippen LogP contribution in [0.2, 0.25) is 0 Å². The minimum atomic E-state index is 0.00206. The van der Waals surface area contributed by atoms with E-state index < -0.39 is 0 Å². The van der Waals surface area contributed by atoms with E-state index in [4.69, 9.17) is 9.26 Å². The predicted molar refractivity (Wildman–Crippen MR) is 100 cm³/mol. The van der Waals surface area contributed by atoms with Crippen molar-refractivity contribution in [1.29, 1.82) is 0 Å². The van der Waals surface area contributed by atoms with Gasteiger partial charge in [-0.15, -0.1) is 0 Å². The van der Waals surface area contributed by atoms with Crippen LogP contribution < -0.4 is 4.74 Å². The predicted octanol–water partition coefficient (Wildman–Crippen LogP) is 3.04. The molecule has 0 aliphatic heterocycles. The van der Waals surface area contributed by atoms with Crippen molar-refractivity contribution in [3.05, 3.63) is 59.7 Å². The van der Waals surface area contributed by atoms with Gasteiger partial charge < -0.3 is 14.2 Å². The van der Waals surface area contributed by atoms with Gasteiger partial charge in [-0.25, -0.2) is 0 Å². The molecule has 2 aromatic heterocycles. The number of aromatic nitrogens is 3. The third-order valence-corrected chi connectivity index (χ3v) is 4.23. The van der Waals surface area contributed by atoms with E-state index in [0.29, 0.717) is 31.1 Å². The molecule has 2 heterocycles. The summed E-state index contributed by atoms with van der Waals surface area (Å²) in [6.45, 7) is 2.50. The standard InChI is InChI=1S/C20H22N4O3/c1-14-4-5-17(26-3)16(12-14)13-24(2)19(25)7-6-18-22-20(23-27-18)15-8-10-21-11-9-15/h4-5,8-12H,6-7,13H2,1-3H3. The summed E-state index contributed by atoms with van der Waals surface area (Å²) in [5.41, 5.74) is 2.93. The quantitative estimate of drug-likeness (QED) is 0.639. The average molecular weight is 366 g/mol. The molecule has 0 unspecified atom stereocenters. The lowest BCUT2D eigenvalue weighted by Gasteiger charge is -2.19. The topological polar surface area (TPSA) is 81.4 Å². The number of amides is 1. The number of hydrogen-bond donors (Lipinski definition) is 0. The molecule has 1 amide bonds. The summed E-state index contributed by atoms with van der Waals surface area (Å²) in [4.78, 5) is 22.4. The average Bonchev–Trinajstić information content (AvgIpc) is 3.16. The molecule has 140 valence electrons. The molecule has 0 saturated carbocycles. The van der Waals surface area contributed by atoms with Crippen LogP contribution in [0.5, 0.6) is 5.75 Å². The molecule has 7 heteroatoms. The summed E-state index contributed by atoms with van der Waals surface area (Å²) in [7, 11) is 3.41. The van der Waals surface area contributed by atoms with Crippen LogP contribution in [0.3, 0.4) is 0 Å². The zero-order valence-corrected chi connectivity index (χ0v) is 15.7. The molecule has 0 atom stereocenters. The van der Waals surface area contributed by atoms with Gasteiger partial charge in [0, 0.05) is 50.0 Å². The number of ether oxygens (including phenoxy) is 1. The van der Waals surface area contributed by atoms with Crippen LogP contribution in [-0.4, -0.2) is 40.1 Å². The molecular formula is C20H22N4O3. The van der Waals surface area contributed by atoms with Crippen molar-refractivity contribution >= 4 is 5.91 Å². The first kappa shape index (κ1) is 18.6. The van der Waals surface area contributed by atoms with E-state index >= 15 is 0 Å². The van der Waals surface area contributed by atoms with Crippen molar-refractivity contribution in [2.24, 2.45) is 0 Å². The van der Waals surface area contributed by atoms with Crippen molar-refractivity contribution in [3.8, 4) is 17.1 Å². The maximum Gasteiger partial charge on any atom is 0.227 e. The molecule has 0 N–H and O–H groups in total. The molecule has 3 aromatic rings. The molecule has 27 heavy (non-hydrogen) atoms. The highest BCUT2D eigenvalue weighted by Crippen LogP contribution is 2.21. The summed E-state index contributed by atoms with van der Waals surface area (Å²) in [5.74, 6) is 1.72. The molecule has 0 radical (unpaired) electrons. The molecule has 3 rings (SSSR count). The second-order valence-corrected chi connectivity index (χ2v) is 6.31. The fraction of sp³-hybridized carbons (Fsp3) is 0.300. The lowest BCUT2D eigenvalue weighted by molar-refractivity contribution is -0.130. The zero-order chi connectivity index (χ0) is 19.2. The fourth-order valence-corrected chi connectivity index (χ4v) is 2.75. The molecule has 0 spiro atoms. The molecule has 0 aliphatic rings. The molecule has 0 aliphatic carbocycles. The Hall–Kier alpha value is -3.22. The maximum absolute atomic E-state index is 12.5. The molecule has 0 fully saturated rings. The Bertz CT molecular complexity index is 909. The van der Waals surface area contributed by atoms with Crippen molar-refractivity contribution in [3.63, 3.8) is 0 Å². The lowest BCUT2D eigenvalue weighted by Crippen LogP contribution is -2.26. The van der Waals surface area contributed by atoms with Gasteiger partial charge in [0.2, 0.25) is 17.6 Å². The highest BCUT2D eigenvalue weighted by Gasteiger charge is 2.15. The van der Waals surface area contributed by atoms with E-state index in [1.54, 1.807) is 31.5 Å². The zero-order valence-electron chi connectivity index (χ0n) is 15.7. The minimum Gasteiger partial charge on any atom is -0.496 e. The summed E-state index contributed by atoms with van der Waals surface area (Å²) in [6.07, 6.45) is 4.03. The van der Waals surface area contributed by atoms with Gasteiger partial charge in [0.25, 0.3) is 0 Å². The number of hydrogen-bond acceptors (Lipinski definition) is 6. The van der Waals surface area contributed by atoms with Crippen LogP contribution in [0, 0.1) is 6.92 Å². The second kappa shape index (κ2) is 8.44. The number of benzene rings is 1. The smallest absolute Gasteiger partial charge is 0.227 e. The van der Waals surface area contributed by atoms with Gasteiger partial charge in [-0.1, -0.05) is 22.9 Å². The monoisotopic (exact) mass is 366 g/mol. The van der Waals surface area contributed by atoms with Crippen LogP contribution in [0.15, 0.2) is 47.2 Å².